The number of anilines is 3. The molecule has 4 N–H and O–H groups in total. The molecule has 1 atom stereocenters. The first-order chi connectivity index (χ1) is 20.2. The lowest BCUT2D eigenvalue weighted by atomic mass is 10.1. The fourth-order valence-corrected chi connectivity index (χ4v) is 4.87. The standard InChI is InChI=1S/C29H25N7O5S/c1-34-23(27(41-33-34)32-26(39)19-8-4-2-5-9-19)17-35-22(28(40)36(29(35)42)21-10-6-3-7-11-21)16-24(37)31-20-14-12-18(13-15-20)25(30)38/h2-15,22H,16-17H2,1H3,(H3-,30,31,32,33,37,38,39)/p+1. The molecule has 13 heteroatoms. The number of carbonyl (C=O) groups is 4. The van der Waals surface area contributed by atoms with Crippen molar-refractivity contribution in [2.75, 3.05) is 15.5 Å². The second kappa shape index (κ2) is 12.0. The minimum Gasteiger partial charge on any atom is -0.366 e. The minimum atomic E-state index is -0.977. The average Bonchev–Trinajstić information content (AvgIpc) is 3.44. The fourth-order valence-electron chi connectivity index (χ4n) is 4.48. The van der Waals surface area contributed by atoms with Crippen LogP contribution < -0.4 is 25.9 Å². The number of thiocarbonyl (C=S) groups is 1. The Balaban J connectivity index is 1.41. The van der Waals surface area contributed by atoms with E-state index in [4.69, 9.17) is 22.5 Å². The molecule has 1 aliphatic heterocycles. The van der Waals surface area contributed by atoms with E-state index >= 15 is 0 Å². The second-order valence-electron chi connectivity index (χ2n) is 9.42. The Hall–Kier alpha value is -5.43. The zero-order chi connectivity index (χ0) is 29.8. The lowest BCUT2D eigenvalue weighted by Crippen LogP contribution is -2.43. The van der Waals surface area contributed by atoms with Crippen LogP contribution in [-0.2, 0) is 23.2 Å². The van der Waals surface area contributed by atoms with Gasteiger partial charge in [0.1, 0.15) is 12.6 Å². The number of para-hydroxylation sites is 1. The van der Waals surface area contributed by atoms with Crippen molar-refractivity contribution >= 4 is 58.2 Å². The third kappa shape index (κ3) is 5.86. The second-order valence-corrected chi connectivity index (χ2v) is 9.79. The van der Waals surface area contributed by atoms with Crippen LogP contribution in [0.4, 0.5) is 17.3 Å². The van der Waals surface area contributed by atoms with Crippen LogP contribution in [0, 0.1) is 0 Å². The smallest absolute Gasteiger partial charge is 0.307 e. The molecule has 0 spiro atoms. The number of carbonyl (C=O) groups excluding carboxylic acids is 4. The predicted molar refractivity (Wildman–Crippen MR) is 156 cm³/mol. The van der Waals surface area contributed by atoms with Crippen LogP contribution >= 0.6 is 12.2 Å². The van der Waals surface area contributed by atoms with Crippen molar-refractivity contribution in [3.8, 4) is 0 Å². The Morgan fingerprint density at radius 1 is 0.952 bits per heavy atom. The molecule has 1 unspecified atom stereocenters. The van der Waals surface area contributed by atoms with Crippen LogP contribution in [0.3, 0.4) is 0 Å². The van der Waals surface area contributed by atoms with Crippen LogP contribution in [0.5, 0.6) is 0 Å². The van der Waals surface area contributed by atoms with E-state index in [2.05, 4.69) is 15.9 Å². The SMILES string of the molecule is C[n+]1noc(NC(=O)c2ccccc2)c1CN1C(=S)N(c2ccccc2)C(=O)C1CC(=O)Nc1ccc(C(N)=O)cc1. The van der Waals surface area contributed by atoms with Crippen molar-refractivity contribution in [1.29, 1.82) is 0 Å². The van der Waals surface area contributed by atoms with E-state index < -0.39 is 23.8 Å². The molecule has 0 saturated carbocycles. The molecule has 212 valence electrons. The van der Waals surface area contributed by atoms with Gasteiger partial charge in [-0.2, -0.15) is 0 Å². The Morgan fingerprint density at radius 3 is 2.24 bits per heavy atom. The van der Waals surface area contributed by atoms with Gasteiger partial charge in [-0.1, -0.05) is 36.4 Å². The number of aromatic nitrogens is 2. The normalized spacial score (nSPS) is 14.6. The Labute approximate surface area is 245 Å². The summed E-state index contributed by atoms with van der Waals surface area (Å²) in [5, 5.41) is 9.58. The van der Waals surface area contributed by atoms with Gasteiger partial charge in [0, 0.05) is 16.8 Å². The molecule has 1 saturated heterocycles. The summed E-state index contributed by atoms with van der Waals surface area (Å²) in [6.45, 7) is 0.00354. The molecule has 5 rings (SSSR count). The van der Waals surface area contributed by atoms with Gasteiger partial charge in [0.25, 0.3) is 17.5 Å². The maximum atomic E-state index is 13.7. The molecule has 12 nitrogen and oxygen atoms in total. The van der Waals surface area contributed by atoms with Crippen molar-refractivity contribution in [2.24, 2.45) is 12.8 Å². The highest BCUT2D eigenvalue weighted by Crippen LogP contribution is 2.29. The van der Waals surface area contributed by atoms with Gasteiger partial charge in [-0.25, -0.2) is 0 Å². The summed E-state index contributed by atoms with van der Waals surface area (Å²) in [6.07, 6.45) is -0.236. The van der Waals surface area contributed by atoms with Crippen LogP contribution in [0.25, 0.3) is 0 Å². The van der Waals surface area contributed by atoms with E-state index in [0.29, 0.717) is 28.2 Å². The molecule has 2 heterocycles. The number of nitrogens with zero attached hydrogens (tertiary/aromatic N) is 4. The number of nitrogens with one attached hydrogen (secondary N) is 2. The number of benzene rings is 3. The van der Waals surface area contributed by atoms with E-state index in [-0.39, 0.29) is 29.9 Å². The molecule has 1 aromatic heterocycles. The van der Waals surface area contributed by atoms with E-state index in [1.807, 2.05) is 6.07 Å². The molecule has 1 fully saturated rings. The van der Waals surface area contributed by atoms with E-state index in [1.165, 1.54) is 21.7 Å². The summed E-state index contributed by atoms with van der Waals surface area (Å²) < 4.78 is 6.82. The fraction of sp³-hybridized carbons (Fsp3) is 0.138. The Bertz CT molecular complexity index is 1660. The van der Waals surface area contributed by atoms with Crippen LogP contribution in [0.2, 0.25) is 0 Å². The first-order valence-electron chi connectivity index (χ1n) is 12.8. The van der Waals surface area contributed by atoms with Gasteiger partial charge in [0.2, 0.25) is 17.1 Å². The van der Waals surface area contributed by atoms with Crippen molar-refractivity contribution < 1.29 is 28.4 Å². The average molecular weight is 585 g/mol. The number of nitrogens with two attached hydrogens (primary N) is 1. The molecule has 0 bridgehead atoms. The zero-order valence-electron chi connectivity index (χ0n) is 22.4. The molecule has 4 amide bonds. The first kappa shape index (κ1) is 28.1. The zero-order valence-corrected chi connectivity index (χ0v) is 23.2. The topological polar surface area (TPSA) is 155 Å². The van der Waals surface area contributed by atoms with Crippen molar-refractivity contribution in [3.05, 3.63) is 102 Å². The molecular formula is C29H26N7O5S+. The lowest BCUT2D eigenvalue weighted by molar-refractivity contribution is -0.746. The summed E-state index contributed by atoms with van der Waals surface area (Å²) in [5.41, 5.74) is 7.42. The Morgan fingerprint density at radius 2 is 1.60 bits per heavy atom. The quantitative estimate of drug-likeness (QED) is 0.200. The molecule has 0 radical (unpaired) electrons. The summed E-state index contributed by atoms with van der Waals surface area (Å²) in [5.74, 6) is -1.75. The third-order valence-corrected chi connectivity index (χ3v) is 7.07. The first-order valence-corrected chi connectivity index (χ1v) is 13.2. The molecule has 42 heavy (non-hydrogen) atoms. The van der Waals surface area contributed by atoms with Gasteiger partial charge in [0.15, 0.2) is 12.2 Å². The number of hydrogen-bond acceptors (Lipinski definition) is 7. The van der Waals surface area contributed by atoms with Crippen LogP contribution in [0.1, 0.15) is 32.8 Å². The van der Waals surface area contributed by atoms with Gasteiger partial charge in [-0.15, -0.1) is 0 Å². The van der Waals surface area contributed by atoms with Crippen molar-refractivity contribution in [2.45, 2.75) is 19.0 Å². The van der Waals surface area contributed by atoms with Crippen LogP contribution in [0.15, 0.2) is 89.5 Å². The molecule has 4 aromatic rings. The number of hydrogen-bond donors (Lipinski definition) is 3. The maximum Gasteiger partial charge on any atom is 0.307 e. The third-order valence-electron chi connectivity index (χ3n) is 6.66. The van der Waals surface area contributed by atoms with Crippen LogP contribution in [-0.4, -0.2) is 45.0 Å². The van der Waals surface area contributed by atoms with Gasteiger partial charge in [-0.3, -0.25) is 33.9 Å². The lowest BCUT2D eigenvalue weighted by Gasteiger charge is -2.22. The minimum absolute atomic E-state index is 0.00354. The largest absolute Gasteiger partial charge is 0.366 e. The summed E-state index contributed by atoms with van der Waals surface area (Å²) >= 11 is 5.75. The number of aryl methyl sites for hydroxylation is 1. The van der Waals surface area contributed by atoms with Gasteiger partial charge in [0.05, 0.1) is 12.1 Å². The van der Waals surface area contributed by atoms with E-state index in [9.17, 15) is 19.2 Å². The highest BCUT2D eigenvalue weighted by Gasteiger charge is 2.46. The van der Waals surface area contributed by atoms with Crippen molar-refractivity contribution in [1.82, 2.24) is 10.2 Å². The summed E-state index contributed by atoms with van der Waals surface area (Å²) in [4.78, 5) is 54.0. The predicted octanol–water partition coefficient (Wildman–Crippen LogP) is 2.38. The maximum absolute atomic E-state index is 13.7. The molecule has 0 aliphatic carbocycles. The summed E-state index contributed by atoms with van der Waals surface area (Å²) in [7, 11) is 1.63. The highest BCUT2D eigenvalue weighted by atomic mass is 32.1. The Kier molecular flexibility index (Phi) is 8.02. The highest BCUT2D eigenvalue weighted by molar-refractivity contribution is 7.80. The van der Waals surface area contributed by atoms with Gasteiger partial charge < -0.3 is 16.0 Å². The number of amides is 4. The van der Waals surface area contributed by atoms with Crippen molar-refractivity contribution in [3.63, 3.8) is 0 Å². The molecule has 3 aromatic carbocycles. The van der Waals surface area contributed by atoms with E-state index in [0.717, 1.165) is 0 Å². The molecule has 1 aliphatic rings. The molecular weight excluding hydrogens is 558 g/mol. The monoisotopic (exact) mass is 584 g/mol. The number of primary amides is 1. The van der Waals surface area contributed by atoms with E-state index in [1.54, 1.807) is 78.7 Å². The van der Waals surface area contributed by atoms with Gasteiger partial charge >= 0.3 is 5.88 Å². The summed E-state index contributed by atoms with van der Waals surface area (Å²) in [6, 6.07) is 22.6. The van der Waals surface area contributed by atoms with Gasteiger partial charge in [-0.05, 0) is 65.4 Å². The number of rotatable bonds is 9.